The number of anilines is 1. The van der Waals surface area contributed by atoms with Gasteiger partial charge >= 0.3 is 0 Å². The van der Waals surface area contributed by atoms with E-state index in [1.54, 1.807) is 12.3 Å². The van der Waals surface area contributed by atoms with E-state index in [1.807, 2.05) is 55.3 Å². The molecule has 0 radical (unpaired) electrons. The minimum Gasteiger partial charge on any atom is -0.346 e. The van der Waals surface area contributed by atoms with Gasteiger partial charge in [-0.1, -0.05) is 30.3 Å². The van der Waals surface area contributed by atoms with Gasteiger partial charge in [0.25, 0.3) is 0 Å². The summed E-state index contributed by atoms with van der Waals surface area (Å²) < 4.78 is 0. The molecule has 1 N–H and O–H groups in total. The van der Waals surface area contributed by atoms with Crippen LogP contribution in [0.2, 0.25) is 5.02 Å². The minimum absolute atomic E-state index is 0.522. The third-order valence-electron chi connectivity index (χ3n) is 4.00. The van der Waals surface area contributed by atoms with Crippen LogP contribution in [0.4, 0.5) is 5.69 Å². The molecule has 2 heterocycles. The first-order valence-electron chi connectivity index (χ1n) is 7.52. The monoisotopic (exact) mass is 336 g/mol. The Labute approximate surface area is 146 Å². The summed E-state index contributed by atoms with van der Waals surface area (Å²) in [5.41, 5.74) is 3.02. The van der Waals surface area contributed by atoms with Crippen LogP contribution in [0.1, 0.15) is 25.1 Å². The van der Waals surface area contributed by atoms with Gasteiger partial charge < -0.3 is 5.32 Å². The van der Waals surface area contributed by atoms with Crippen molar-refractivity contribution in [3.63, 3.8) is 0 Å². The third kappa shape index (κ3) is 2.86. The first-order valence-corrected chi connectivity index (χ1v) is 7.89. The number of rotatable bonds is 3. The number of aromatic nitrogens is 1. The van der Waals surface area contributed by atoms with E-state index < -0.39 is 5.41 Å². The second kappa shape index (κ2) is 6.03. The number of hydrogen-bond acceptors (Lipinski definition) is 4. The van der Waals surface area contributed by atoms with Crippen molar-refractivity contribution in [3.05, 3.63) is 77.5 Å². The van der Waals surface area contributed by atoms with Crippen LogP contribution in [0.15, 0.2) is 61.2 Å². The summed E-state index contributed by atoms with van der Waals surface area (Å²) in [7, 11) is 0. The maximum absolute atomic E-state index is 9.27. The lowest BCUT2D eigenvalue weighted by Crippen LogP contribution is -2.20. The van der Waals surface area contributed by atoms with Gasteiger partial charge in [0.15, 0.2) is 0 Å². The molecule has 3 rings (SSSR count). The molecule has 0 saturated carbocycles. The Morgan fingerprint density at radius 2 is 1.96 bits per heavy atom. The van der Waals surface area contributed by atoms with E-state index in [0.29, 0.717) is 5.02 Å². The highest BCUT2D eigenvalue weighted by Crippen LogP contribution is 2.33. The van der Waals surface area contributed by atoms with Crippen LogP contribution in [-0.2, 0) is 5.41 Å². The molecule has 1 aromatic carbocycles. The number of nitrogens with zero attached hydrogens (tertiary/aromatic N) is 3. The average molecular weight is 337 g/mol. The second-order valence-corrected chi connectivity index (χ2v) is 6.54. The fourth-order valence-electron chi connectivity index (χ4n) is 2.55. The lowest BCUT2D eigenvalue weighted by atomic mass is 9.86. The molecule has 120 valence electrons. The Morgan fingerprint density at radius 3 is 2.58 bits per heavy atom. The molecule has 0 amide bonds. The number of nitriles is 1. The summed E-state index contributed by atoms with van der Waals surface area (Å²) in [5, 5.41) is 13.0. The molecule has 0 aliphatic carbocycles. The van der Waals surface area contributed by atoms with E-state index >= 15 is 0 Å². The molecule has 0 spiro atoms. The summed E-state index contributed by atoms with van der Waals surface area (Å²) >= 11 is 6.08. The zero-order valence-electron chi connectivity index (χ0n) is 13.5. The quantitative estimate of drug-likeness (QED) is 0.901. The first kappa shape index (κ1) is 16.1. The van der Waals surface area contributed by atoms with Crippen LogP contribution in [0.25, 0.3) is 5.70 Å². The number of pyridine rings is 1. The molecule has 1 aliphatic rings. The standard InChI is InChI=1S/C19H17ClN4/c1-13-23-11-18(17-10-15(20)8-9-22-17)24(13)16-6-4-14(5-7-16)19(2,3)12-21/h4-11,23H,1H2,2-3H3. The Morgan fingerprint density at radius 1 is 1.25 bits per heavy atom. The van der Waals surface area contributed by atoms with Crippen molar-refractivity contribution in [2.24, 2.45) is 0 Å². The molecular formula is C19H17ClN4. The van der Waals surface area contributed by atoms with Crippen LogP contribution in [0.3, 0.4) is 0 Å². The number of halogens is 1. The highest BCUT2D eigenvalue weighted by Gasteiger charge is 2.24. The van der Waals surface area contributed by atoms with Crippen LogP contribution >= 0.6 is 11.6 Å². The first-order chi connectivity index (χ1) is 11.4. The Bertz CT molecular complexity index is 860. The summed E-state index contributed by atoms with van der Waals surface area (Å²) in [4.78, 5) is 6.36. The van der Waals surface area contributed by atoms with Crippen molar-refractivity contribution in [2.75, 3.05) is 4.90 Å². The molecule has 0 bridgehead atoms. The fraction of sp³-hybridized carbons (Fsp3) is 0.158. The van der Waals surface area contributed by atoms with Gasteiger partial charge in [0.05, 0.1) is 22.9 Å². The average Bonchev–Trinajstić information content (AvgIpc) is 2.96. The molecule has 0 atom stereocenters. The van der Waals surface area contributed by atoms with Crippen LogP contribution in [0.5, 0.6) is 0 Å². The van der Waals surface area contributed by atoms with Crippen LogP contribution in [0, 0.1) is 11.3 Å². The van der Waals surface area contributed by atoms with E-state index in [-0.39, 0.29) is 0 Å². The van der Waals surface area contributed by atoms with Crippen molar-refractivity contribution >= 4 is 23.0 Å². The molecule has 0 unspecified atom stereocenters. The molecule has 1 aliphatic heterocycles. The predicted octanol–water partition coefficient (Wildman–Crippen LogP) is 4.42. The van der Waals surface area contributed by atoms with Gasteiger partial charge in [0, 0.05) is 23.1 Å². The highest BCUT2D eigenvalue weighted by molar-refractivity contribution is 6.30. The normalized spacial score (nSPS) is 14.2. The maximum Gasteiger partial charge on any atom is 0.107 e. The molecule has 1 aromatic heterocycles. The Kier molecular flexibility index (Phi) is 4.04. The van der Waals surface area contributed by atoms with E-state index in [2.05, 4.69) is 22.9 Å². The summed E-state index contributed by atoms with van der Waals surface area (Å²) in [6, 6.07) is 13.8. The molecule has 24 heavy (non-hydrogen) atoms. The van der Waals surface area contributed by atoms with Crippen LogP contribution in [-0.4, -0.2) is 4.98 Å². The predicted molar refractivity (Wildman–Crippen MR) is 97.1 cm³/mol. The molecular weight excluding hydrogens is 320 g/mol. The maximum atomic E-state index is 9.27. The third-order valence-corrected chi connectivity index (χ3v) is 4.23. The van der Waals surface area contributed by atoms with E-state index in [9.17, 15) is 5.26 Å². The lowest BCUT2D eigenvalue weighted by molar-refractivity contribution is 0.687. The smallest absolute Gasteiger partial charge is 0.107 e. The molecule has 2 aromatic rings. The van der Waals surface area contributed by atoms with Gasteiger partial charge in [0.1, 0.15) is 5.82 Å². The van der Waals surface area contributed by atoms with Gasteiger partial charge in [-0.2, -0.15) is 5.26 Å². The highest BCUT2D eigenvalue weighted by atomic mass is 35.5. The zero-order chi connectivity index (χ0) is 17.3. The number of benzene rings is 1. The van der Waals surface area contributed by atoms with Gasteiger partial charge in [0.2, 0.25) is 0 Å². The van der Waals surface area contributed by atoms with Crippen molar-refractivity contribution in [3.8, 4) is 6.07 Å². The van der Waals surface area contributed by atoms with E-state index in [0.717, 1.165) is 28.5 Å². The molecule has 0 saturated heterocycles. The Hall–Kier alpha value is -2.77. The van der Waals surface area contributed by atoms with Gasteiger partial charge in [-0.05, 0) is 43.7 Å². The number of hydrogen-bond donors (Lipinski definition) is 1. The largest absolute Gasteiger partial charge is 0.346 e. The summed E-state index contributed by atoms with van der Waals surface area (Å²) in [5.74, 6) is 0.735. The molecule has 4 nitrogen and oxygen atoms in total. The lowest BCUT2D eigenvalue weighted by Gasteiger charge is -2.24. The topological polar surface area (TPSA) is 52.0 Å². The van der Waals surface area contributed by atoms with Crippen molar-refractivity contribution in [1.29, 1.82) is 5.26 Å². The van der Waals surface area contributed by atoms with Gasteiger partial charge in [-0.25, -0.2) is 0 Å². The van der Waals surface area contributed by atoms with Crippen molar-refractivity contribution in [2.45, 2.75) is 19.3 Å². The summed E-state index contributed by atoms with van der Waals surface area (Å²) in [6.45, 7) is 7.85. The SMILES string of the molecule is C=C1NC=C(c2cc(Cl)ccn2)N1c1ccc(C(C)(C)C#N)cc1. The minimum atomic E-state index is -0.522. The van der Waals surface area contributed by atoms with E-state index in [1.165, 1.54) is 0 Å². The van der Waals surface area contributed by atoms with Gasteiger partial charge in [-0.15, -0.1) is 0 Å². The van der Waals surface area contributed by atoms with E-state index in [4.69, 9.17) is 11.6 Å². The zero-order valence-corrected chi connectivity index (χ0v) is 14.3. The van der Waals surface area contributed by atoms with Crippen LogP contribution < -0.4 is 10.2 Å². The molecule has 0 fully saturated rings. The molecule has 5 heteroatoms. The number of nitrogens with one attached hydrogen (secondary N) is 1. The van der Waals surface area contributed by atoms with Crippen molar-refractivity contribution in [1.82, 2.24) is 10.3 Å². The summed E-state index contributed by atoms with van der Waals surface area (Å²) in [6.07, 6.45) is 3.53. The Balaban J connectivity index is 1.97. The fourth-order valence-corrected chi connectivity index (χ4v) is 2.71. The van der Waals surface area contributed by atoms with Crippen molar-refractivity contribution < 1.29 is 0 Å². The van der Waals surface area contributed by atoms with Gasteiger partial charge in [-0.3, -0.25) is 9.88 Å². The second-order valence-electron chi connectivity index (χ2n) is 6.10.